The fourth-order valence-corrected chi connectivity index (χ4v) is 2.89. The van der Waals surface area contributed by atoms with E-state index < -0.39 is 12.0 Å². The summed E-state index contributed by atoms with van der Waals surface area (Å²) >= 11 is 3.36. The molecule has 2 unspecified atom stereocenters. The number of esters is 1. The Bertz CT molecular complexity index is 463. The SMILES string of the molecule is COC(=O)C(c1ccccc1)N1CCCC(Br)C1=O. The van der Waals surface area contributed by atoms with Crippen molar-refractivity contribution in [3.05, 3.63) is 35.9 Å². The van der Waals surface area contributed by atoms with Crippen LogP contribution in [0.3, 0.4) is 0 Å². The number of carbonyl (C=O) groups is 2. The fraction of sp³-hybridized carbons (Fsp3) is 0.429. The summed E-state index contributed by atoms with van der Waals surface area (Å²) in [6.07, 6.45) is 1.68. The van der Waals surface area contributed by atoms with E-state index in [2.05, 4.69) is 15.9 Å². The van der Waals surface area contributed by atoms with Crippen LogP contribution in [0.4, 0.5) is 0 Å². The lowest BCUT2D eigenvalue weighted by atomic mass is 10.0. The largest absolute Gasteiger partial charge is 0.467 e. The molecule has 1 fully saturated rings. The number of likely N-dealkylation sites (tertiary alicyclic amines) is 1. The summed E-state index contributed by atoms with van der Waals surface area (Å²) in [5.41, 5.74) is 0.782. The second kappa shape index (κ2) is 6.19. The van der Waals surface area contributed by atoms with Gasteiger partial charge < -0.3 is 9.64 Å². The summed E-state index contributed by atoms with van der Waals surface area (Å²) in [6, 6.07) is 8.61. The number of benzene rings is 1. The number of amides is 1. The van der Waals surface area contributed by atoms with E-state index in [1.165, 1.54) is 7.11 Å². The van der Waals surface area contributed by atoms with Gasteiger partial charge in [-0.05, 0) is 18.4 Å². The van der Waals surface area contributed by atoms with Crippen LogP contribution in [0.1, 0.15) is 24.4 Å². The topological polar surface area (TPSA) is 46.6 Å². The lowest BCUT2D eigenvalue weighted by Crippen LogP contribution is -2.46. The maximum Gasteiger partial charge on any atom is 0.333 e. The highest BCUT2D eigenvalue weighted by atomic mass is 79.9. The number of hydrogen-bond donors (Lipinski definition) is 0. The van der Waals surface area contributed by atoms with Crippen LogP contribution in [0.15, 0.2) is 30.3 Å². The molecule has 1 heterocycles. The quantitative estimate of drug-likeness (QED) is 0.632. The van der Waals surface area contributed by atoms with E-state index in [1.54, 1.807) is 4.90 Å². The van der Waals surface area contributed by atoms with E-state index in [4.69, 9.17) is 4.74 Å². The zero-order chi connectivity index (χ0) is 13.8. The van der Waals surface area contributed by atoms with Crippen molar-refractivity contribution in [2.45, 2.75) is 23.7 Å². The van der Waals surface area contributed by atoms with Crippen molar-refractivity contribution < 1.29 is 14.3 Å². The number of ether oxygens (including phenoxy) is 1. The minimum absolute atomic E-state index is 0.0505. The number of methoxy groups -OCH3 is 1. The van der Waals surface area contributed by atoms with Gasteiger partial charge in [-0.1, -0.05) is 46.3 Å². The predicted molar refractivity (Wildman–Crippen MR) is 74.9 cm³/mol. The number of carbonyl (C=O) groups excluding carboxylic acids is 2. The Labute approximate surface area is 120 Å². The van der Waals surface area contributed by atoms with E-state index in [1.807, 2.05) is 30.3 Å². The Hall–Kier alpha value is -1.36. The molecule has 0 aromatic heterocycles. The van der Waals surface area contributed by atoms with Crippen molar-refractivity contribution in [3.63, 3.8) is 0 Å². The van der Waals surface area contributed by atoms with Gasteiger partial charge in [0.05, 0.1) is 11.9 Å². The molecule has 102 valence electrons. The number of rotatable bonds is 3. The van der Waals surface area contributed by atoms with Crippen molar-refractivity contribution in [1.29, 1.82) is 0 Å². The molecule has 0 aliphatic carbocycles. The van der Waals surface area contributed by atoms with E-state index in [-0.39, 0.29) is 10.7 Å². The van der Waals surface area contributed by atoms with E-state index >= 15 is 0 Å². The normalized spacial score (nSPS) is 21.1. The highest BCUT2D eigenvalue weighted by molar-refractivity contribution is 9.10. The molecule has 2 rings (SSSR count). The van der Waals surface area contributed by atoms with Gasteiger partial charge in [0.25, 0.3) is 0 Å². The minimum Gasteiger partial charge on any atom is -0.467 e. The van der Waals surface area contributed by atoms with Gasteiger partial charge in [-0.25, -0.2) is 4.79 Å². The molecule has 1 aromatic carbocycles. The maximum absolute atomic E-state index is 12.2. The molecule has 0 N–H and O–H groups in total. The van der Waals surface area contributed by atoms with Crippen molar-refractivity contribution in [1.82, 2.24) is 4.90 Å². The lowest BCUT2D eigenvalue weighted by molar-refractivity contribution is -0.154. The molecule has 4 nitrogen and oxygen atoms in total. The van der Waals surface area contributed by atoms with E-state index in [0.717, 1.165) is 18.4 Å². The molecule has 1 aliphatic heterocycles. The summed E-state index contributed by atoms with van der Waals surface area (Å²) in [7, 11) is 1.35. The first-order chi connectivity index (χ1) is 9.15. The number of alkyl halides is 1. The molecule has 0 bridgehead atoms. The van der Waals surface area contributed by atoms with Crippen molar-refractivity contribution in [3.8, 4) is 0 Å². The standard InChI is InChI=1S/C14H16BrNO3/c1-19-14(18)12(10-6-3-2-4-7-10)16-9-5-8-11(15)13(16)17/h2-4,6-7,11-12H,5,8-9H2,1H3. The molecule has 0 radical (unpaired) electrons. The molecule has 19 heavy (non-hydrogen) atoms. The van der Waals surface area contributed by atoms with Gasteiger partial charge in [0.1, 0.15) is 0 Å². The van der Waals surface area contributed by atoms with Crippen LogP contribution in [-0.4, -0.2) is 35.3 Å². The third kappa shape index (κ3) is 2.97. The first kappa shape index (κ1) is 14.1. The Morgan fingerprint density at radius 3 is 2.74 bits per heavy atom. The van der Waals surface area contributed by atoms with Gasteiger partial charge in [0.15, 0.2) is 6.04 Å². The smallest absolute Gasteiger partial charge is 0.333 e. The maximum atomic E-state index is 12.2. The fourth-order valence-electron chi connectivity index (χ4n) is 2.30. The Morgan fingerprint density at radius 1 is 1.42 bits per heavy atom. The number of hydrogen-bond acceptors (Lipinski definition) is 3. The molecule has 1 amide bonds. The summed E-state index contributed by atoms with van der Waals surface area (Å²) in [4.78, 5) is 25.7. The van der Waals surface area contributed by atoms with Gasteiger partial charge >= 0.3 is 5.97 Å². The molecule has 5 heteroatoms. The average Bonchev–Trinajstić information content (AvgIpc) is 2.44. The van der Waals surface area contributed by atoms with Gasteiger partial charge in [-0.3, -0.25) is 4.79 Å². The molecule has 0 saturated carbocycles. The van der Waals surface area contributed by atoms with Crippen LogP contribution < -0.4 is 0 Å². The Balaban J connectivity index is 2.33. The molecule has 1 aromatic rings. The second-order valence-electron chi connectivity index (χ2n) is 4.48. The third-order valence-electron chi connectivity index (χ3n) is 3.26. The number of nitrogens with zero attached hydrogens (tertiary/aromatic N) is 1. The van der Waals surface area contributed by atoms with Gasteiger partial charge in [0, 0.05) is 6.54 Å². The minimum atomic E-state index is -0.654. The first-order valence-electron chi connectivity index (χ1n) is 6.22. The number of piperidine rings is 1. The van der Waals surface area contributed by atoms with Gasteiger partial charge in [-0.2, -0.15) is 0 Å². The molecular weight excluding hydrogens is 310 g/mol. The van der Waals surface area contributed by atoms with Crippen LogP contribution in [0.25, 0.3) is 0 Å². The van der Waals surface area contributed by atoms with Gasteiger partial charge in [0.2, 0.25) is 5.91 Å². The van der Waals surface area contributed by atoms with Crippen LogP contribution in [0, 0.1) is 0 Å². The highest BCUT2D eigenvalue weighted by Crippen LogP contribution is 2.28. The monoisotopic (exact) mass is 325 g/mol. The van der Waals surface area contributed by atoms with Crippen LogP contribution in [0.5, 0.6) is 0 Å². The van der Waals surface area contributed by atoms with E-state index in [0.29, 0.717) is 6.54 Å². The Morgan fingerprint density at radius 2 is 2.11 bits per heavy atom. The average molecular weight is 326 g/mol. The van der Waals surface area contributed by atoms with Crippen molar-refractivity contribution in [2.24, 2.45) is 0 Å². The zero-order valence-corrected chi connectivity index (χ0v) is 12.3. The predicted octanol–water partition coefficient (Wildman–Crippen LogP) is 2.29. The molecular formula is C14H16BrNO3. The van der Waals surface area contributed by atoms with E-state index in [9.17, 15) is 9.59 Å². The Kier molecular flexibility index (Phi) is 4.58. The van der Waals surface area contributed by atoms with Crippen molar-refractivity contribution in [2.75, 3.05) is 13.7 Å². The summed E-state index contributed by atoms with van der Waals surface area (Å²) in [6.45, 7) is 0.579. The lowest BCUT2D eigenvalue weighted by Gasteiger charge is -2.35. The molecule has 1 aliphatic rings. The molecule has 1 saturated heterocycles. The van der Waals surface area contributed by atoms with Crippen LogP contribution in [0.2, 0.25) is 0 Å². The highest BCUT2D eigenvalue weighted by Gasteiger charge is 2.36. The number of halogens is 1. The van der Waals surface area contributed by atoms with Crippen LogP contribution in [-0.2, 0) is 14.3 Å². The molecule has 2 atom stereocenters. The third-order valence-corrected chi connectivity index (χ3v) is 4.11. The summed E-state index contributed by atoms with van der Waals surface area (Å²) in [5, 5.41) is 0. The second-order valence-corrected chi connectivity index (χ2v) is 5.58. The summed E-state index contributed by atoms with van der Waals surface area (Å²) in [5.74, 6) is -0.452. The summed E-state index contributed by atoms with van der Waals surface area (Å²) < 4.78 is 4.86. The zero-order valence-electron chi connectivity index (χ0n) is 10.7. The van der Waals surface area contributed by atoms with Gasteiger partial charge in [-0.15, -0.1) is 0 Å². The van der Waals surface area contributed by atoms with Crippen molar-refractivity contribution >= 4 is 27.8 Å². The van der Waals surface area contributed by atoms with Crippen LogP contribution >= 0.6 is 15.9 Å². The first-order valence-corrected chi connectivity index (χ1v) is 7.14. The molecule has 0 spiro atoms.